The molecular formula is C15H18N6O2S. The molecule has 8 nitrogen and oxygen atoms in total. The van der Waals surface area contributed by atoms with Crippen LogP contribution in [-0.4, -0.2) is 44.0 Å². The van der Waals surface area contributed by atoms with Crippen LogP contribution in [0.4, 0.5) is 4.79 Å². The van der Waals surface area contributed by atoms with Gasteiger partial charge < -0.3 is 5.32 Å². The fourth-order valence-corrected chi connectivity index (χ4v) is 2.73. The lowest BCUT2D eigenvalue weighted by Gasteiger charge is -2.12. The van der Waals surface area contributed by atoms with Gasteiger partial charge in [-0.15, -0.1) is 16.8 Å². The number of carbonyl (C=O) groups is 2. The number of amides is 3. The van der Waals surface area contributed by atoms with Gasteiger partial charge in [0.15, 0.2) is 11.0 Å². The summed E-state index contributed by atoms with van der Waals surface area (Å²) in [6.07, 6.45) is 5.08. The molecule has 2 heterocycles. The van der Waals surface area contributed by atoms with Gasteiger partial charge in [-0.05, 0) is 19.1 Å². The molecular weight excluding hydrogens is 328 g/mol. The number of imide groups is 1. The Hall–Kier alpha value is -2.68. The maximum absolute atomic E-state index is 12.0. The Bertz CT molecular complexity index is 731. The number of hydrogen-bond acceptors (Lipinski definition) is 6. The summed E-state index contributed by atoms with van der Waals surface area (Å²) >= 11 is 1.22. The highest BCUT2D eigenvalue weighted by atomic mass is 32.2. The smallest absolute Gasteiger partial charge is 0.321 e. The van der Waals surface area contributed by atoms with Crippen LogP contribution in [0.5, 0.6) is 0 Å². The highest BCUT2D eigenvalue weighted by molar-refractivity contribution is 8.00. The molecule has 0 aliphatic carbocycles. The number of pyridine rings is 1. The van der Waals surface area contributed by atoms with E-state index in [9.17, 15) is 9.59 Å². The van der Waals surface area contributed by atoms with Crippen LogP contribution in [0.25, 0.3) is 11.4 Å². The third kappa shape index (κ3) is 4.19. The third-order valence-electron chi connectivity index (χ3n) is 3.08. The molecule has 0 bridgehead atoms. The Morgan fingerprint density at radius 1 is 1.38 bits per heavy atom. The van der Waals surface area contributed by atoms with E-state index in [4.69, 9.17) is 0 Å². The summed E-state index contributed by atoms with van der Waals surface area (Å²) in [4.78, 5) is 27.2. The third-order valence-corrected chi connectivity index (χ3v) is 4.16. The van der Waals surface area contributed by atoms with Gasteiger partial charge in [0, 0.05) is 31.5 Å². The SMILES string of the molecule is C=CCn1c(SC(C)C(=O)NC(=O)NC)nnc1-c1ccncc1. The van der Waals surface area contributed by atoms with Crippen LogP contribution < -0.4 is 10.6 Å². The topological polar surface area (TPSA) is 102 Å². The molecule has 2 rings (SSSR count). The van der Waals surface area contributed by atoms with Crippen LogP contribution in [0.2, 0.25) is 0 Å². The van der Waals surface area contributed by atoms with Gasteiger partial charge in [0.2, 0.25) is 5.91 Å². The second-order valence-corrected chi connectivity index (χ2v) is 6.08. The summed E-state index contributed by atoms with van der Waals surface area (Å²) in [5.41, 5.74) is 0.869. The molecule has 1 atom stereocenters. The molecule has 2 aromatic heterocycles. The number of rotatable bonds is 6. The van der Waals surface area contributed by atoms with Crippen LogP contribution >= 0.6 is 11.8 Å². The first-order valence-electron chi connectivity index (χ1n) is 7.20. The van der Waals surface area contributed by atoms with Gasteiger partial charge in [0.05, 0.1) is 5.25 Å². The molecule has 0 fully saturated rings. The Labute approximate surface area is 143 Å². The molecule has 2 aromatic rings. The first-order chi connectivity index (χ1) is 11.6. The molecule has 126 valence electrons. The monoisotopic (exact) mass is 346 g/mol. The van der Waals surface area contributed by atoms with Crippen LogP contribution in [0, 0.1) is 0 Å². The highest BCUT2D eigenvalue weighted by Gasteiger charge is 2.21. The van der Waals surface area contributed by atoms with Crippen molar-refractivity contribution in [3.8, 4) is 11.4 Å². The van der Waals surface area contributed by atoms with Gasteiger partial charge in [0.25, 0.3) is 0 Å². The lowest BCUT2D eigenvalue weighted by atomic mass is 10.2. The molecule has 0 saturated heterocycles. The maximum atomic E-state index is 12.0. The summed E-state index contributed by atoms with van der Waals surface area (Å²) in [5.74, 6) is 0.261. The number of nitrogens with one attached hydrogen (secondary N) is 2. The van der Waals surface area contributed by atoms with E-state index in [1.807, 2.05) is 16.7 Å². The van der Waals surface area contributed by atoms with Gasteiger partial charge in [-0.1, -0.05) is 17.8 Å². The molecule has 3 amide bonds. The van der Waals surface area contributed by atoms with E-state index in [0.717, 1.165) is 5.56 Å². The predicted molar refractivity (Wildman–Crippen MR) is 91.4 cm³/mol. The Morgan fingerprint density at radius 2 is 2.08 bits per heavy atom. The van der Waals surface area contributed by atoms with Gasteiger partial charge in [-0.3, -0.25) is 19.7 Å². The van der Waals surface area contributed by atoms with Crippen molar-refractivity contribution in [2.24, 2.45) is 0 Å². The molecule has 2 N–H and O–H groups in total. The quantitative estimate of drug-likeness (QED) is 0.606. The van der Waals surface area contributed by atoms with E-state index in [0.29, 0.717) is 17.5 Å². The fraction of sp³-hybridized carbons (Fsp3) is 0.267. The van der Waals surface area contributed by atoms with Crippen LogP contribution in [0.15, 0.2) is 42.3 Å². The molecule has 0 aliphatic rings. The van der Waals surface area contributed by atoms with Gasteiger partial charge in [-0.2, -0.15) is 0 Å². The Kier molecular flexibility index (Phi) is 6.07. The summed E-state index contributed by atoms with van der Waals surface area (Å²) < 4.78 is 1.86. The van der Waals surface area contributed by atoms with Gasteiger partial charge in [0.1, 0.15) is 0 Å². The number of carbonyl (C=O) groups excluding carboxylic acids is 2. The lowest BCUT2D eigenvalue weighted by molar-refractivity contribution is -0.119. The number of nitrogens with zero attached hydrogens (tertiary/aromatic N) is 4. The molecule has 0 spiro atoms. The van der Waals surface area contributed by atoms with E-state index < -0.39 is 17.2 Å². The number of thioether (sulfide) groups is 1. The zero-order valence-corrected chi connectivity index (χ0v) is 14.2. The molecule has 0 saturated carbocycles. The predicted octanol–water partition coefficient (Wildman–Crippen LogP) is 1.46. The van der Waals surface area contributed by atoms with E-state index in [1.54, 1.807) is 25.4 Å². The molecule has 9 heteroatoms. The van der Waals surface area contributed by atoms with Crippen LogP contribution in [0.3, 0.4) is 0 Å². The minimum absolute atomic E-state index is 0.405. The zero-order chi connectivity index (χ0) is 17.5. The van der Waals surface area contributed by atoms with Crippen LogP contribution in [-0.2, 0) is 11.3 Å². The normalized spacial score (nSPS) is 11.6. The molecule has 1 unspecified atom stereocenters. The van der Waals surface area contributed by atoms with E-state index in [1.165, 1.54) is 18.8 Å². The second kappa shape index (κ2) is 8.25. The number of allylic oxidation sites excluding steroid dienone is 1. The number of urea groups is 1. The van der Waals surface area contributed by atoms with Gasteiger partial charge >= 0.3 is 6.03 Å². The average molecular weight is 346 g/mol. The standard InChI is InChI=1S/C15H18N6O2S/c1-4-9-21-12(11-5-7-17-8-6-11)19-20-15(21)24-10(2)13(22)18-14(23)16-3/h4-8,10H,1,9H2,2-3H3,(H2,16,18,22,23). The van der Waals surface area contributed by atoms with Crippen molar-refractivity contribution in [2.45, 2.75) is 23.9 Å². The van der Waals surface area contributed by atoms with Crippen molar-refractivity contribution in [1.82, 2.24) is 30.4 Å². The van der Waals surface area contributed by atoms with Crippen molar-refractivity contribution in [1.29, 1.82) is 0 Å². The number of hydrogen-bond donors (Lipinski definition) is 2. The van der Waals surface area contributed by atoms with E-state index >= 15 is 0 Å². The second-order valence-electron chi connectivity index (χ2n) is 4.77. The maximum Gasteiger partial charge on any atom is 0.321 e. The Balaban J connectivity index is 2.21. The molecule has 24 heavy (non-hydrogen) atoms. The van der Waals surface area contributed by atoms with Crippen LogP contribution in [0.1, 0.15) is 6.92 Å². The van der Waals surface area contributed by atoms with Gasteiger partial charge in [-0.25, -0.2) is 4.79 Å². The summed E-state index contributed by atoms with van der Waals surface area (Å²) in [5, 5.41) is 13.0. The summed E-state index contributed by atoms with van der Waals surface area (Å²) in [7, 11) is 1.45. The van der Waals surface area contributed by atoms with Crippen molar-refractivity contribution < 1.29 is 9.59 Å². The van der Waals surface area contributed by atoms with Crippen molar-refractivity contribution in [3.63, 3.8) is 0 Å². The first-order valence-corrected chi connectivity index (χ1v) is 8.08. The summed E-state index contributed by atoms with van der Waals surface area (Å²) in [6, 6.07) is 3.12. The van der Waals surface area contributed by atoms with Crippen molar-refractivity contribution in [2.75, 3.05) is 7.05 Å². The highest BCUT2D eigenvalue weighted by Crippen LogP contribution is 2.26. The lowest BCUT2D eigenvalue weighted by Crippen LogP contribution is -2.41. The minimum Gasteiger partial charge on any atom is -0.341 e. The van der Waals surface area contributed by atoms with E-state index in [2.05, 4.69) is 32.4 Å². The number of aromatic nitrogens is 4. The zero-order valence-electron chi connectivity index (χ0n) is 13.4. The van der Waals surface area contributed by atoms with Crippen molar-refractivity contribution >= 4 is 23.7 Å². The fourth-order valence-electron chi connectivity index (χ4n) is 1.87. The first kappa shape index (κ1) is 17.7. The largest absolute Gasteiger partial charge is 0.341 e. The molecule has 0 aliphatic heterocycles. The Morgan fingerprint density at radius 3 is 2.71 bits per heavy atom. The molecule has 0 radical (unpaired) electrons. The minimum atomic E-state index is -0.544. The average Bonchev–Trinajstić information content (AvgIpc) is 2.98. The summed E-state index contributed by atoms with van der Waals surface area (Å²) in [6.45, 7) is 5.94. The molecule has 0 aromatic carbocycles. The van der Waals surface area contributed by atoms with E-state index in [-0.39, 0.29) is 0 Å². The van der Waals surface area contributed by atoms with Crippen molar-refractivity contribution in [3.05, 3.63) is 37.2 Å².